The molecule has 0 aliphatic carbocycles. The maximum atomic E-state index is 13.6. The van der Waals surface area contributed by atoms with Crippen molar-refractivity contribution < 1.29 is 19.1 Å². The quantitative estimate of drug-likeness (QED) is 0.397. The maximum absolute atomic E-state index is 13.6. The lowest BCUT2D eigenvalue weighted by Gasteiger charge is -2.33. The zero-order valence-electron chi connectivity index (χ0n) is 19.4. The van der Waals surface area contributed by atoms with Crippen LogP contribution in [0.25, 0.3) is 17.1 Å². The third-order valence-electron chi connectivity index (χ3n) is 6.01. The van der Waals surface area contributed by atoms with Gasteiger partial charge in [-0.25, -0.2) is 9.67 Å². The van der Waals surface area contributed by atoms with Crippen LogP contribution < -0.4 is 11.1 Å². The predicted octanol–water partition coefficient (Wildman–Crippen LogP) is 2.50. The molecule has 4 aromatic rings. The van der Waals surface area contributed by atoms with Crippen molar-refractivity contribution in [1.29, 1.82) is 0 Å². The van der Waals surface area contributed by atoms with Crippen molar-refractivity contribution in [2.24, 2.45) is 5.73 Å². The number of pyridine rings is 1. The topological polar surface area (TPSA) is 121 Å². The number of ether oxygens (including phenoxy) is 2. The van der Waals surface area contributed by atoms with E-state index in [-0.39, 0.29) is 25.2 Å². The van der Waals surface area contributed by atoms with E-state index in [4.69, 9.17) is 15.2 Å². The lowest BCUT2D eigenvalue weighted by Crippen LogP contribution is -2.61. The second kappa shape index (κ2) is 10.1. The largest absolute Gasteiger partial charge is 0.365 e. The van der Waals surface area contributed by atoms with Crippen LogP contribution in [-0.4, -0.2) is 51.6 Å². The summed E-state index contributed by atoms with van der Waals surface area (Å²) in [5.74, 6) is -2.69. The number of hydrogen-bond donors (Lipinski definition) is 2. The van der Waals surface area contributed by atoms with Crippen molar-refractivity contribution in [1.82, 2.24) is 20.1 Å². The molecule has 2 aromatic heterocycles. The number of aromatic nitrogens is 3. The van der Waals surface area contributed by atoms with E-state index in [2.05, 4.69) is 15.4 Å². The van der Waals surface area contributed by atoms with Crippen LogP contribution in [-0.2, 0) is 20.7 Å². The normalized spacial score (nSPS) is 15.3. The van der Waals surface area contributed by atoms with Gasteiger partial charge in [0.2, 0.25) is 0 Å². The van der Waals surface area contributed by atoms with Crippen LogP contribution in [0.3, 0.4) is 0 Å². The second-order valence-corrected chi connectivity index (χ2v) is 8.33. The Morgan fingerprint density at radius 1 is 0.972 bits per heavy atom. The number of nitrogens with zero attached hydrogens (tertiary/aromatic N) is 3. The van der Waals surface area contributed by atoms with Crippen molar-refractivity contribution in [3.63, 3.8) is 0 Å². The third-order valence-corrected chi connectivity index (χ3v) is 6.01. The number of primary amides is 1. The molecular weight excluding hydrogens is 458 g/mol. The fourth-order valence-corrected chi connectivity index (χ4v) is 4.27. The van der Waals surface area contributed by atoms with Crippen LogP contribution in [0.15, 0.2) is 91.3 Å². The minimum absolute atomic E-state index is 0.192. The lowest BCUT2D eigenvalue weighted by molar-refractivity contribution is -0.189. The Balaban J connectivity index is 1.46. The summed E-state index contributed by atoms with van der Waals surface area (Å²) in [5, 5.41) is 7.53. The Bertz CT molecular complexity index is 1350. The smallest absolute Gasteiger partial charge is 0.280 e. The van der Waals surface area contributed by atoms with Crippen molar-refractivity contribution >= 4 is 11.8 Å². The zero-order chi connectivity index (χ0) is 25.0. The average Bonchev–Trinajstić information content (AvgIpc) is 3.61. The molecule has 1 saturated heterocycles. The summed E-state index contributed by atoms with van der Waals surface area (Å²) >= 11 is 0. The zero-order valence-corrected chi connectivity index (χ0v) is 19.4. The highest BCUT2D eigenvalue weighted by Gasteiger charge is 2.51. The first kappa shape index (κ1) is 23.4. The van der Waals surface area contributed by atoms with Gasteiger partial charge in [-0.15, -0.1) is 0 Å². The summed E-state index contributed by atoms with van der Waals surface area (Å²) in [4.78, 5) is 30.5. The first-order chi connectivity index (χ1) is 17.6. The Labute approximate surface area is 207 Å². The van der Waals surface area contributed by atoms with E-state index in [9.17, 15) is 9.59 Å². The highest BCUT2D eigenvalue weighted by Crippen LogP contribution is 2.27. The van der Waals surface area contributed by atoms with Crippen molar-refractivity contribution in [2.45, 2.75) is 18.2 Å². The summed E-state index contributed by atoms with van der Waals surface area (Å²) in [5.41, 5.74) is 8.56. The first-order valence-electron chi connectivity index (χ1n) is 11.6. The average molecular weight is 484 g/mol. The molecule has 0 bridgehead atoms. The van der Waals surface area contributed by atoms with Crippen molar-refractivity contribution in [3.05, 3.63) is 102 Å². The first-order valence-corrected chi connectivity index (χ1v) is 11.6. The van der Waals surface area contributed by atoms with Crippen LogP contribution in [0.1, 0.15) is 15.9 Å². The van der Waals surface area contributed by atoms with E-state index in [1.54, 1.807) is 29.2 Å². The summed E-state index contributed by atoms with van der Waals surface area (Å²) in [6, 6.07) is 23.4. The van der Waals surface area contributed by atoms with Gasteiger partial charge < -0.3 is 20.5 Å². The molecule has 182 valence electrons. The Hall–Kier alpha value is -4.34. The SMILES string of the molecule is NC(=O)C1([C@H](Cc2ccccc2)NC(=O)c2cccnc2-n2ccc(-c3ccccc3)n2)OCCO1. The second-order valence-electron chi connectivity index (χ2n) is 8.33. The number of amides is 2. The molecule has 3 heterocycles. The van der Waals surface area contributed by atoms with Gasteiger partial charge in [0.05, 0.1) is 30.5 Å². The molecule has 0 saturated carbocycles. The van der Waals surface area contributed by atoms with Crippen LogP contribution in [0.4, 0.5) is 0 Å². The van der Waals surface area contributed by atoms with E-state index >= 15 is 0 Å². The molecule has 2 amide bonds. The molecule has 2 aromatic carbocycles. The van der Waals surface area contributed by atoms with Gasteiger partial charge in [0.25, 0.3) is 17.6 Å². The van der Waals surface area contributed by atoms with Crippen molar-refractivity contribution in [2.75, 3.05) is 13.2 Å². The minimum Gasteiger partial charge on any atom is -0.365 e. The van der Waals surface area contributed by atoms with Crippen LogP contribution in [0, 0.1) is 0 Å². The standard InChI is InChI=1S/C27H25N5O4/c28-26(34)27(35-16-17-36-27)23(18-19-8-3-1-4-9-19)30-25(33)21-12-7-14-29-24(21)32-15-13-22(31-32)20-10-5-2-6-11-20/h1-15,23H,16-18H2,(H2,28,34)(H,30,33)/t23-/m0/s1. The van der Waals surface area contributed by atoms with E-state index in [0.717, 1.165) is 16.8 Å². The number of rotatable bonds is 8. The maximum Gasteiger partial charge on any atom is 0.280 e. The van der Waals surface area contributed by atoms with Gasteiger partial charge in [-0.3, -0.25) is 9.59 Å². The van der Waals surface area contributed by atoms with E-state index in [1.165, 1.54) is 0 Å². The van der Waals surface area contributed by atoms with E-state index in [1.807, 2.05) is 66.7 Å². The molecule has 3 N–H and O–H groups in total. The van der Waals surface area contributed by atoms with Gasteiger partial charge >= 0.3 is 0 Å². The van der Waals surface area contributed by atoms with Gasteiger partial charge in [-0.05, 0) is 30.2 Å². The number of carbonyl (C=O) groups excluding carboxylic acids is 2. The number of nitrogens with one attached hydrogen (secondary N) is 1. The number of hydrogen-bond acceptors (Lipinski definition) is 6. The molecule has 0 radical (unpaired) electrons. The highest BCUT2D eigenvalue weighted by atomic mass is 16.7. The van der Waals surface area contributed by atoms with Crippen molar-refractivity contribution in [3.8, 4) is 17.1 Å². The van der Waals surface area contributed by atoms with Gasteiger partial charge in [-0.2, -0.15) is 5.10 Å². The Morgan fingerprint density at radius 3 is 2.36 bits per heavy atom. The molecule has 1 atom stereocenters. The van der Waals surface area contributed by atoms with Gasteiger partial charge in [-0.1, -0.05) is 60.7 Å². The van der Waals surface area contributed by atoms with E-state index in [0.29, 0.717) is 5.82 Å². The summed E-state index contributed by atoms with van der Waals surface area (Å²) < 4.78 is 12.9. The minimum atomic E-state index is -1.78. The highest BCUT2D eigenvalue weighted by molar-refractivity contribution is 5.98. The fourth-order valence-electron chi connectivity index (χ4n) is 4.27. The van der Waals surface area contributed by atoms with Gasteiger partial charge in [0.1, 0.15) is 0 Å². The summed E-state index contributed by atoms with van der Waals surface area (Å²) in [6.07, 6.45) is 3.60. The predicted molar refractivity (Wildman–Crippen MR) is 132 cm³/mol. The molecular formula is C27H25N5O4. The molecule has 9 heteroatoms. The van der Waals surface area contributed by atoms with Crippen LogP contribution in [0.2, 0.25) is 0 Å². The number of benzene rings is 2. The monoisotopic (exact) mass is 483 g/mol. The number of nitrogens with two attached hydrogens (primary N) is 1. The number of carbonyl (C=O) groups is 2. The fraction of sp³-hybridized carbons (Fsp3) is 0.185. The summed E-state index contributed by atoms with van der Waals surface area (Å²) in [6.45, 7) is 0.385. The van der Waals surface area contributed by atoms with Gasteiger partial charge in [0.15, 0.2) is 5.82 Å². The summed E-state index contributed by atoms with van der Waals surface area (Å²) in [7, 11) is 0. The molecule has 1 aliphatic heterocycles. The lowest BCUT2D eigenvalue weighted by atomic mass is 9.97. The molecule has 1 aliphatic rings. The molecule has 9 nitrogen and oxygen atoms in total. The molecule has 0 spiro atoms. The van der Waals surface area contributed by atoms with E-state index < -0.39 is 23.6 Å². The Morgan fingerprint density at radius 2 is 1.67 bits per heavy atom. The van der Waals surface area contributed by atoms with Crippen LogP contribution >= 0.6 is 0 Å². The molecule has 36 heavy (non-hydrogen) atoms. The van der Waals surface area contributed by atoms with Crippen LogP contribution in [0.5, 0.6) is 0 Å². The Kier molecular flexibility index (Phi) is 6.57. The molecule has 0 unspecified atom stereocenters. The third kappa shape index (κ3) is 4.61. The molecule has 1 fully saturated rings. The van der Waals surface area contributed by atoms with Gasteiger partial charge in [0, 0.05) is 18.0 Å². The molecule has 5 rings (SSSR count).